The second-order valence-electron chi connectivity index (χ2n) is 8.14. The molecule has 0 radical (unpaired) electrons. The Balaban J connectivity index is 1.67. The third-order valence-electron chi connectivity index (χ3n) is 5.66. The second kappa shape index (κ2) is 10.1. The van der Waals surface area contributed by atoms with Crippen molar-refractivity contribution in [3.63, 3.8) is 0 Å². The first kappa shape index (κ1) is 24.2. The normalized spacial score (nSPS) is 11.6. The first-order chi connectivity index (χ1) is 17.2. The lowest BCUT2D eigenvalue weighted by Gasteiger charge is -2.17. The number of aromatic nitrogens is 1. The number of nitrogens with one attached hydrogen (secondary N) is 1. The fourth-order valence-corrected chi connectivity index (χ4v) is 3.85. The molecule has 0 saturated heterocycles. The van der Waals surface area contributed by atoms with Gasteiger partial charge in [-0.05, 0) is 59.2 Å². The summed E-state index contributed by atoms with van der Waals surface area (Å²) in [6.07, 6.45) is 0.0988. The van der Waals surface area contributed by atoms with Crippen molar-refractivity contribution in [2.75, 3.05) is 12.8 Å². The Kier molecular flexibility index (Phi) is 6.82. The van der Waals surface area contributed by atoms with Crippen molar-refractivity contribution < 1.29 is 29.3 Å². The van der Waals surface area contributed by atoms with Gasteiger partial charge >= 0.3 is 11.9 Å². The van der Waals surface area contributed by atoms with Crippen molar-refractivity contribution in [2.24, 2.45) is 0 Å². The fraction of sp³-hybridized carbons (Fsp3) is 0.111. The quantitative estimate of drug-likeness (QED) is 0.230. The maximum absolute atomic E-state index is 13.0. The number of phenols is 1. The lowest BCUT2D eigenvalue weighted by molar-refractivity contribution is -0.142. The van der Waals surface area contributed by atoms with Gasteiger partial charge in [0.05, 0.1) is 18.2 Å². The van der Waals surface area contributed by atoms with Crippen LogP contribution in [0.4, 0.5) is 5.69 Å². The zero-order valence-electron chi connectivity index (χ0n) is 19.3. The van der Waals surface area contributed by atoms with Crippen molar-refractivity contribution in [1.29, 1.82) is 0 Å². The molecule has 1 aromatic heterocycles. The van der Waals surface area contributed by atoms with E-state index in [0.29, 0.717) is 22.2 Å². The molecular weight excluding hydrogens is 462 g/mol. The molecule has 0 aliphatic rings. The molecule has 0 aliphatic heterocycles. The van der Waals surface area contributed by atoms with Gasteiger partial charge in [0.15, 0.2) is 0 Å². The molecule has 0 bridgehead atoms. The molecule has 9 heteroatoms. The van der Waals surface area contributed by atoms with Crippen LogP contribution in [-0.2, 0) is 16.0 Å². The van der Waals surface area contributed by atoms with Gasteiger partial charge in [-0.1, -0.05) is 30.3 Å². The summed E-state index contributed by atoms with van der Waals surface area (Å²) in [7, 11) is 1.20. The van der Waals surface area contributed by atoms with E-state index in [4.69, 9.17) is 10.5 Å². The van der Waals surface area contributed by atoms with Crippen LogP contribution in [0.5, 0.6) is 5.75 Å². The van der Waals surface area contributed by atoms with Crippen LogP contribution in [0.25, 0.3) is 22.0 Å². The molecule has 5 N–H and O–H groups in total. The van der Waals surface area contributed by atoms with Gasteiger partial charge in [0, 0.05) is 17.5 Å². The Morgan fingerprint density at radius 2 is 1.72 bits per heavy atom. The molecule has 0 unspecified atom stereocenters. The summed E-state index contributed by atoms with van der Waals surface area (Å²) in [5.74, 6) is -2.57. The number of amides is 1. The van der Waals surface area contributed by atoms with Gasteiger partial charge in [-0.15, -0.1) is 0 Å². The van der Waals surface area contributed by atoms with Crippen molar-refractivity contribution >= 4 is 34.4 Å². The third kappa shape index (κ3) is 5.25. The van der Waals surface area contributed by atoms with Crippen LogP contribution >= 0.6 is 0 Å². The van der Waals surface area contributed by atoms with E-state index >= 15 is 0 Å². The Labute approximate surface area is 206 Å². The lowest BCUT2D eigenvalue weighted by atomic mass is 9.99. The summed E-state index contributed by atoms with van der Waals surface area (Å²) in [5.41, 5.74) is 8.72. The van der Waals surface area contributed by atoms with Crippen molar-refractivity contribution in [1.82, 2.24) is 10.3 Å². The minimum Gasteiger partial charge on any atom is -0.508 e. The van der Waals surface area contributed by atoms with Crippen LogP contribution in [0.1, 0.15) is 26.4 Å². The highest BCUT2D eigenvalue weighted by Gasteiger charge is 2.25. The van der Waals surface area contributed by atoms with E-state index < -0.39 is 23.9 Å². The number of benzene rings is 3. The first-order valence-corrected chi connectivity index (χ1v) is 11.0. The van der Waals surface area contributed by atoms with E-state index in [1.165, 1.54) is 25.3 Å². The molecule has 0 fully saturated rings. The Hall–Kier alpha value is -4.92. The number of nitrogen functional groups attached to an aromatic ring is 1. The van der Waals surface area contributed by atoms with Gasteiger partial charge in [0.2, 0.25) is 0 Å². The summed E-state index contributed by atoms with van der Waals surface area (Å²) in [6, 6.07) is 18.6. The third-order valence-corrected chi connectivity index (χ3v) is 5.66. The van der Waals surface area contributed by atoms with Crippen LogP contribution in [0.2, 0.25) is 0 Å². The number of rotatable bonds is 7. The van der Waals surface area contributed by atoms with Crippen LogP contribution in [0.15, 0.2) is 72.8 Å². The second-order valence-corrected chi connectivity index (χ2v) is 8.14. The van der Waals surface area contributed by atoms with Gasteiger partial charge in [0.1, 0.15) is 17.5 Å². The predicted molar refractivity (Wildman–Crippen MR) is 134 cm³/mol. The number of pyridine rings is 1. The zero-order chi connectivity index (χ0) is 25.8. The number of aromatic carboxylic acids is 1. The number of fused-ring (bicyclic) bond motifs is 1. The molecule has 4 aromatic rings. The summed E-state index contributed by atoms with van der Waals surface area (Å²) < 4.78 is 4.81. The fourth-order valence-electron chi connectivity index (χ4n) is 3.85. The monoisotopic (exact) mass is 485 g/mol. The first-order valence-electron chi connectivity index (χ1n) is 11.0. The Morgan fingerprint density at radius 3 is 2.39 bits per heavy atom. The summed E-state index contributed by atoms with van der Waals surface area (Å²) >= 11 is 0. The molecule has 182 valence electrons. The molecule has 0 saturated carbocycles. The topological polar surface area (TPSA) is 152 Å². The number of nitrogens with zero attached hydrogens (tertiary/aromatic N) is 1. The van der Waals surface area contributed by atoms with E-state index in [-0.39, 0.29) is 23.4 Å². The number of anilines is 1. The van der Waals surface area contributed by atoms with Gasteiger partial charge < -0.3 is 26.0 Å². The van der Waals surface area contributed by atoms with Gasteiger partial charge in [0.25, 0.3) is 5.91 Å². The van der Waals surface area contributed by atoms with Gasteiger partial charge in [-0.2, -0.15) is 0 Å². The van der Waals surface area contributed by atoms with Crippen LogP contribution in [0, 0.1) is 0 Å². The van der Waals surface area contributed by atoms with Crippen LogP contribution < -0.4 is 11.1 Å². The molecule has 0 spiro atoms. The number of nitrogens with two attached hydrogens (primary N) is 1. The molecule has 4 rings (SSSR count). The Bertz CT molecular complexity index is 1470. The average molecular weight is 485 g/mol. The summed E-state index contributed by atoms with van der Waals surface area (Å²) in [4.78, 5) is 41.8. The van der Waals surface area contributed by atoms with E-state index in [2.05, 4.69) is 10.3 Å². The maximum Gasteiger partial charge on any atom is 0.336 e. The summed E-state index contributed by atoms with van der Waals surface area (Å²) in [6.45, 7) is 0. The predicted octanol–water partition coefficient (Wildman–Crippen LogP) is 3.40. The highest BCUT2D eigenvalue weighted by molar-refractivity contribution is 6.07. The number of hydrogen-bond acceptors (Lipinski definition) is 7. The highest BCUT2D eigenvalue weighted by Crippen LogP contribution is 2.27. The number of ether oxygens (including phenoxy) is 1. The summed E-state index contributed by atoms with van der Waals surface area (Å²) in [5, 5.41) is 22.2. The van der Waals surface area contributed by atoms with E-state index in [1.54, 1.807) is 48.5 Å². The smallest absolute Gasteiger partial charge is 0.336 e. The number of carbonyl (C=O) groups is 3. The molecule has 9 nitrogen and oxygen atoms in total. The van der Waals surface area contributed by atoms with Gasteiger partial charge in [-0.3, -0.25) is 4.79 Å². The lowest BCUT2D eigenvalue weighted by Crippen LogP contribution is -2.43. The number of carboxylic acid groups (broad SMARTS) is 1. The number of hydrogen-bond donors (Lipinski definition) is 4. The minimum atomic E-state index is -1.23. The number of carboxylic acids is 1. The van der Waals surface area contributed by atoms with Crippen molar-refractivity contribution in [3.05, 3.63) is 89.6 Å². The number of esters is 1. The molecule has 1 amide bonds. The minimum absolute atomic E-state index is 0.0675. The van der Waals surface area contributed by atoms with Crippen LogP contribution in [0.3, 0.4) is 0 Å². The average Bonchev–Trinajstić information content (AvgIpc) is 2.87. The molecule has 1 heterocycles. The molecule has 0 aliphatic carbocycles. The number of aromatic hydroxyl groups is 1. The number of methoxy groups -OCH3 is 1. The van der Waals surface area contributed by atoms with E-state index in [9.17, 15) is 24.6 Å². The van der Waals surface area contributed by atoms with Crippen LogP contribution in [-0.4, -0.2) is 46.2 Å². The van der Waals surface area contributed by atoms with Crippen molar-refractivity contribution in [2.45, 2.75) is 12.5 Å². The van der Waals surface area contributed by atoms with E-state index in [1.807, 2.05) is 6.07 Å². The molecule has 3 aromatic carbocycles. The maximum atomic E-state index is 13.0. The highest BCUT2D eigenvalue weighted by atomic mass is 16.5. The molecule has 36 heavy (non-hydrogen) atoms. The SMILES string of the molecule is COC(=O)[C@H](Cc1ccc(O)cc1)NC(=O)c1cc(C(=O)O)c2cc(-c3cccc(N)c3)ccc2n1. The number of phenolic OH excluding ortho intramolecular Hbond substituents is 1. The van der Waals surface area contributed by atoms with E-state index in [0.717, 1.165) is 11.1 Å². The standard InChI is InChI=1S/C27H23N3O6/c1-36-27(35)24(11-15-5-8-19(31)9-6-15)30-25(32)23-14-21(26(33)34)20-13-17(7-10-22(20)29-23)16-3-2-4-18(28)12-16/h2-10,12-14,24,31H,11,28H2,1H3,(H,30,32)(H,33,34)/t24-/m0/s1. The van der Waals surface area contributed by atoms with Crippen molar-refractivity contribution in [3.8, 4) is 16.9 Å². The molecular formula is C27H23N3O6. The largest absolute Gasteiger partial charge is 0.508 e. The van der Waals surface area contributed by atoms with Gasteiger partial charge in [-0.25, -0.2) is 14.6 Å². The zero-order valence-corrected chi connectivity index (χ0v) is 19.3. The number of carbonyl (C=O) groups excluding carboxylic acids is 2. The molecule has 1 atom stereocenters. The Morgan fingerprint density at radius 1 is 1.00 bits per heavy atom.